The Morgan fingerprint density at radius 3 is 1.57 bits per heavy atom. The lowest BCUT2D eigenvalue weighted by Crippen LogP contribution is -2.11. The van der Waals surface area contributed by atoms with E-state index in [-0.39, 0.29) is 16.8 Å². The van der Waals surface area contributed by atoms with Crippen LogP contribution in [0.3, 0.4) is 0 Å². The maximum atomic E-state index is 13.3. The molecule has 7 heteroatoms. The molecule has 0 aliphatic heterocycles. The fourth-order valence-corrected chi connectivity index (χ4v) is 15.8. The molecule has 0 radical (unpaired) electrons. The van der Waals surface area contributed by atoms with E-state index in [9.17, 15) is 4.79 Å². The summed E-state index contributed by atoms with van der Waals surface area (Å²) in [5.41, 5.74) is 9.85. The number of fused-ring (bicyclic) bond motifs is 7. The van der Waals surface area contributed by atoms with E-state index >= 15 is 0 Å². The van der Waals surface area contributed by atoms with E-state index < -0.39 is 0 Å². The van der Waals surface area contributed by atoms with E-state index in [4.69, 9.17) is 4.74 Å². The lowest BCUT2D eigenvalue weighted by Gasteiger charge is -2.23. The molecule has 374 valence electrons. The maximum absolute atomic E-state index is 13.3. The molecule has 0 unspecified atom stereocenters. The third-order valence-corrected chi connectivity index (χ3v) is 20.7. The van der Waals surface area contributed by atoms with Gasteiger partial charge in [-0.3, -0.25) is 0 Å². The number of hydrogen-bond acceptors (Lipinski definition) is 7. The first-order valence-corrected chi connectivity index (χ1v) is 30.6. The molecule has 0 atom stereocenters. The van der Waals surface area contributed by atoms with Crippen LogP contribution in [0.2, 0.25) is 0 Å². The summed E-state index contributed by atoms with van der Waals surface area (Å²) in [6.45, 7) is 25.2. The van der Waals surface area contributed by atoms with Gasteiger partial charge in [0.2, 0.25) is 0 Å². The van der Waals surface area contributed by atoms with Gasteiger partial charge in [0.05, 0.1) is 12.2 Å². The van der Waals surface area contributed by atoms with E-state index in [0.717, 1.165) is 29.0 Å². The summed E-state index contributed by atoms with van der Waals surface area (Å²) in [5.74, 6) is -0.288. The van der Waals surface area contributed by atoms with Crippen LogP contribution in [0.1, 0.15) is 157 Å². The zero-order valence-electron chi connectivity index (χ0n) is 44.5. The summed E-state index contributed by atoms with van der Waals surface area (Å²) < 4.78 is 5.57. The molecule has 0 saturated carbocycles. The first-order chi connectivity index (χ1) is 34.6. The van der Waals surface area contributed by atoms with Crippen LogP contribution in [0.5, 0.6) is 0 Å². The zero-order chi connectivity index (χ0) is 50.9. The van der Waals surface area contributed by atoms with Gasteiger partial charge in [0.25, 0.3) is 0 Å². The summed E-state index contributed by atoms with van der Waals surface area (Å²) in [7, 11) is 0. The van der Waals surface area contributed by atoms with E-state index in [2.05, 4.69) is 177 Å². The Morgan fingerprint density at radius 2 is 1.01 bits per heavy atom. The van der Waals surface area contributed by atoms with Gasteiger partial charge in [0, 0.05) is 43.9 Å². The highest BCUT2D eigenvalue weighted by Gasteiger charge is 2.25. The summed E-state index contributed by atoms with van der Waals surface area (Å²) >= 11 is 9.77. The van der Waals surface area contributed by atoms with Crippen LogP contribution >= 0.6 is 56.7 Å². The molecule has 4 aromatic carbocycles. The van der Waals surface area contributed by atoms with E-state index in [1.807, 2.05) is 58.3 Å². The van der Waals surface area contributed by atoms with Crippen molar-refractivity contribution in [2.45, 2.75) is 151 Å². The van der Waals surface area contributed by atoms with Gasteiger partial charge in [-0.1, -0.05) is 130 Å². The molecule has 0 fully saturated rings. The number of aryl methyl sites for hydroxylation is 2. The highest BCUT2D eigenvalue weighted by atomic mass is 32.1. The average Bonchev–Trinajstić information content (AvgIpc) is 4.21. The molecule has 0 aliphatic carbocycles. The number of benzene rings is 3. The molecule has 0 amide bonds. The van der Waals surface area contributed by atoms with Crippen molar-refractivity contribution in [3.63, 3.8) is 0 Å². The van der Waals surface area contributed by atoms with Crippen molar-refractivity contribution in [3.05, 3.63) is 141 Å². The molecule has 0 aliphatic rings. The van der Waals surface area contributed by atoms with Crippen molar-refractivity contribution in [2.24, 2.45) is 0 Å². The number of ether oxygens (including phenoxy) is 1. The minimum absolute atomic E-state index is 0.100. The summed E-state index contributed by atoms with van der Waals surface area (Å²) in [6.07, 6.45) is 12.5. The summed E-state index contributed by atoms with van der Waals surface area (Å²) in [5, 5.41) is 9.22. The quantitative estimate of drug-likeness (QED) is 0.0671. The first-order valence-electron chi connectivity index (χ1n) is 26.4. The second-order valence-corrected chi connectivity index (χ2v) is 27.0. The minimum Gasteiger partial charge on any atom is -0.462 e. The van der Waals surface area contributed by atoms with Crippen LogP contribution in [0.25, 0.3) is 81.8 Å². The normalized spacial score (nSPS) is 12.2. The lowest BCUT2D eigenvalue weighted by atomic mass is 9.81. The van der Waals surface area contributed by atoms with Gasteiger partial charge in [-0.25, -0.2) is 4.79 Å². The highest BCUT2D eigenvalue weighted by Crippen LogP contribution is 2.51. The van der Waals surface area contributed by atoms with Gasteiger partial charge in [0.15, 0.2) is 0 Å². The minimum atomic E-state index is -0.288. The monoisotopic (exact) mass is 1040 g/mol. The molecule has 0 N–H and O–H groups in total. The summed E-state index contributed by atoms with van der Waals surface area (Å²) in [4.78, 5) is 25.8. The molecule has 9 aromatic rings. The molecule has 0 saturated heterocycles. The number of esters is 1. The molecule has 72 heavy (non-hydrogen) atoms. The van der Waals surface area contributed by atoms with Crippen molar-refractivity contribution >= 4 is 95.0 Å². The first kappa shape index (κ1) is 52.2. The smallest absolute Gasteiger partial charge is 0.338 e. The molecular weight excluding hydrogens is 973 g/mol. The van der Waals surface area contributed by atoms with Gasteiger partial charge in [-0.05, 0) is 195 Å². The number of carbonyl (C=O) groups is 1. The van der Waals surface area contributed by atoms with Crippen LogP contribution in [0.4, 0.5) is 0 Å². The second-order valence-electron chi connectivity index (χ2n) is 21.8. The predicted molar refractivity (Wildman–Crippen MR) is 323 cm³/mol. The Balaban J connectivity index is 1.22. The third kappa shape index (κ3) is 10.9. The largest absolute Gasteiger partial charge is 0.462 e. The number of hydrogen-bond donors (Lipinski definition) is 0. The third-order valence-electron chi connectivity index (χ3n) is 14.5. The van der Waals surface area contributed by atoms with Crippen molar-refractivity contribution in [3.8, 4) is 49.5 Å². The van der Waals surface area contributed by atoms with Crippen molar-refractivity contribution in [1.29, 1.82) is 0 Å². The second kappa shape index (κ2) is 22.1. The summed E-state index contributed by atoms with van der Waals surface area (Å²) in [6, 6.07) is 37.1. The Bertz CT molecular complexity index is 3410. The molecule has 4 bridgehead atoms. The number of thiophene rings is 5. The van der Waals surface area contributed by atoms with Crippen LogP contribution in [-0.4, -0.2) is 12.6 Å². The fraction of sp³-hybridized carbons (Fsp3) is 0.369. The highest BCUT2D eigenvalue weighted by molar-refractivity contribution is 7.30. The average molecular weight is 1050 g/mol. The van der Waals surface area contributed by atoms with Crippen LogP contribution in [0, 0.1) is 13.8 Å². The zero-order valence-corrected chi connectivity index (χ0v) is 48.5. The standard InChI is InChI=1S/C65H72O2S5/c1-12-15-17-19-22-47-48(23-20-18-16-13-2)62(72-61(47)59-31-29-56(70-59)55-24-21-33-68-55)60-32-30-58(71-60)57-28-27-54(69-57)53-36-43-34-44(64(6,7)8)37-49(40(43)4)52-35-42(63(66)67-14-3)25-26-46(52)50-38-45(65(9,10)11)39-51(53)41(50)5/h21,24-39H,12-20,22-23H2,1-11H3. The van der Waals surface area contributed by atoms with Crippen molar-refractivity contribution in [1.82, 2.24) is 0 Å². The Kier molecular flexibility index (Phi) is 16.0. The Morgan fingerprint density at radius 1 is 0.486 bits per heavy atom. The topological polar surface area (TPSA) is 26.3 Å². The number of carbonyl (C=O) groups excluding carboxylic acids is 1. The molecule has 9 rings (SSSR count). The molecule has 0 spiro atoms. The van der Waals surface area contributed by atoms with Gasteiger partial charge < -0.3 is 4.74 Å². The van der Waals surface area contributed by atoms with Gasteiger partial charge >= 0.3 is 5.97 Å². The van der Waals surface area contributed by atoms with Gasteiger partial charge in [-0.2, -0.15) is 0 Å². The fourth-order valence-electron chi connectivity index (χ4n) is 10.2. The molecule has 5 heterocycles. The maximum Gasteiger partial charge on any atom is 0.338 e. The van der Waals surface area contributed by atoms with Gasteiger partial charge in [-0.15, -0.1) is 56.7 Å². The van der Waals surface area contributed by atoms with Crippen LogP contribution in [-0.2, 0) is 28.4 Å². The number of rotatable bonds is 17. The van der Waals surface area contributed by atoms with Gasteiger partial charge in [0.1, 0.15) is 0 Å². The van der Waals surface area contributed by atoms with E-state index in [0.29, 0.717) is 12.2 Å². The number of unbranched alkanes of at least 4 members (excludes halogenated alkanes) is 6. The molecular formula is C65H72O2S5. The van der Waals surface area contributed by atoms with E-state index in [1.165, 1.54) is 139 Å². The van der Waals surface area contributed by atoms with Crippen molar-refractivity contribution < 1.29 is 9.53 Å². The Labute approximate surface area is 449 Å². The molecule has 2 nitrogen and oxygen atoms in total. The van der Waals surface area contributed by atoms with E-state index in [1.54, 1.807) is 11.1 Å². The van der Waals surface area contributed by atoms with Crippen LogP contribution < -0.4 is 0 Å². The molecule has 5 aromatic heterocycles. The SMILES string of the molecule is CCCCCCc1c(-c2ccc(-c3cccs3)s2)sc(-c2ccc(-c3ccc(-c4cc5cc(C(C)(C)C)cc(c5C)c5cc(C(=O)OCC)ccc5c5cc(C(C)(C)C)cc4c5C)s3)s2)c1CCCCCC. The van der Waals surface area contributed by atoms with Crippen molar-refractivity contribution in [2.75, 3.05) is 6.61 Å². The lowest BCUT2D eigenvalue weighted by molar-refractivity contribution is 0.0526. The predicted octanol–water partition coefficient (Wildman–Crippen LogP) is 22.0. The Hall–Kier alpha value is -4.63. The van der Waals surface area contributed by atoms with Crippen LogP contribution in [0.15, 0.2) is 102 Å².